The zero-order chi connectivity index (χ0) is 15.5. The molecule has 0 unspecified atom stereocenters. The zero-order valence-electron chi connectivity index (χ0n) is 12.2. The number of carbonyl (C=O) groups is 3. The van der Waals surface area contributed by atoms with Gasteiger partial charge in [-0.15, -0.1) is 0 Å². The molecule has 0 radical (unpaired) electrons. The van der Waals surface area contributed by atoms with E-state index in [0.717, 1.165) is 23.7 Å². The van der Waals surface area contributed by atoms with Gasteiger partial charge in [-0.3, -0.25) is 14.5 Å². The summed E-state index contributed by atoms with van der Waals surface area (Å²) in [6, 6.07) is 7.07. The third-order valence-corrected chi connectivity index (χ3v) is 3.86. The topological polar surface area (TPSA) is 81.8 Å². The van der Waals surface area contributed by atoms with E-state index in [1.165, 1.54) is 12.8 Å². The van der Waals surface area contributed by atoms with Gasteiger partial charge < -0.3 is 15.5 Å². The fourth-order valence-corrected chi connectivity index (χ4v) is 2.69. The molecule has 0 atom stereocenters. The van der Waals surface area contributed by atoms with Crippen LogP contribution in [0.5, 0.6) is 0 Å². The summed E-state index contributed by atoms with van der Waals surface area (Å²) in [5.41, 5.74) is 1.80. The SMILES string of the molecule is O=C(CN1C(=O)CNC1=O)Nc1ccc(N2CCCC2)cc1. The molecule has 0 aliphatic carbocycles. The van der Waals surface area contributed by atoms with Crippen molar-refractivity contribution in [2.75, 3.05) is 36.4 Å². The maximum atomic E-state index is 11.9. The lowest BCUT2D eigenvalue weighted by molar-refractivity contribution is -0.128. The van der Waals surface area contributed by atoms with Crippen molar-refractivity contribution < 1.29 is 14.4 Å². The number of imide groups is 1. The molecule has 0 saturated carbocycles. The molecular weight excluding hydrogens is 284 g/mol. The first-order valence-electron chi connectivity index (χ1n) is 7.36. The molecule has 22 heavy (non-hydrogen) atoms. The Morgan fingerprint density at radius 1 is 1.14 bits per heavy atom. The Labute approximate surface area is 128 Å². The number of nitrogens with zero attached hydrogens (tertiary/aromatic N) is 2. The predicted molar refractivity (Wildman–Crippen MR) is 81.6 cm³/mol. The van der Waals surface area contributed by atoms with Crippen LogP contribution in [-0.2, 0) is 9.59 Å². The van der Waals surface area contributed by atoms with E-state index < -0.39 is 6.03 Å². The van der Waals surface area contributed by atoms with Crippen molar-refractivity contribution in [1.82, 2.24) is 10.2 Å². The summed E-state index contributed by atoms with van der Waals surface area (Å²) in [4.78, 5) is 37.9. The Hall–Kier alpha value is -2.57. The van der Waals surface area contributed by atoms with Gasteiger partial charge >= 0.3 is 6.03 Å². The number of benzene rings is 1. The molecular formula is C15H18N4O3. The van der Waals surface area contributed by atoms with Gasteiger partial charge in [0.25, 0.3) is 5.91 Å². The number of anilines is 2. The van der Waals surface area contributed by atoms with Crippen LogP contribution in [0, 0.1) is 0 Å². The first-order chi connectivity index (χ1) is 10.6. The minimum atomic E-state index is -0.524. The minimum Gasteiger partial charge on any atom is -0.372 e. The average molecular weight is 302 g/mol. The van der Waals surface area contributed by atoms with Gasteiger partial charge in [-0.25, -0.2) is 4.79 Å². The number of rotatable bonds is 4. The number of nitrogens with one attached hydrogen (secondary N) is 2. The van der Waals surface area contributed by atoms with Crippen molar-refractivity contribution in [3.8, 4) is 0 Å². The summed E-state index contributed by atoms with van der Waals surface area (Å²) in [5.74, 6) is -0.774. The second-order valence-electron chi connectivity index (χ2n) is 5.43. The Morgan fingerprint density at radius 3 is 2.41 bits per heavy atom. The van der Waals surface area contributed by atoms with Crippen LogP contribution < -0.4 is 15.5 Å². The Kier molecular flexibility index (Phi) is 3.95. The van der Waals surface area contributed by atoms with Gasteiger partial charge in [-0.2, -0.15) is 0 Å². The van der Waals surface area contributed by atoms with Crippen LogP contribution in [0.25, 0.3) is 0 Å². The van der Waals surface area contributed by atoms with E-state index >= 15 is 0 Å². The highest BCUT2D eigenvalue weighted by atomic mass is 16.2. The molecule has 2 aliphatic heterocycles. The number of urea groups is 1. The van der Waals surface area contributed by atoms with Gasteiger partial charge in [0, 0.05) is 24.5 Å². The smallest absolute Gasteiger partial charge is 0.325 e. The van der Waals surface area contributed by atoms with Gasteiger partial charge in [0.05, 0.1) is 6.54 Å². The molecule has 0 bridgehead atoms. The van der Waals surface area contributed by atoms with Crippen molar-refractivity contribution in [3.63, 3.8) is 0 Å². The number of carbonyl (C=O) groups excluding carboxylic acids is 3. The number of amides is 4. The number of hydrogen-bond donors (Lipinski definition) is 2. The average Bonchev–Trinajstić information content (AvgIpc) is 3.14. The van der Waals surface area contributed by atoms with Gasteiger partial charge in [-0.05, 0) is 37.1 Å². The van der Waals surface area contributed by atoms with Gasteiger partial charge in [0.2, 0.25) is 5.91 Å². The largest absolute Gasteiger partial charge is 0.372 e. The molecule has 7 heteroatoms. The van der Waals surface area contributed by atoms with Crippen LogP contribution in [0.2, 0.25) is 0 Å². The summed E-state index contributed by atoms with van der Waals surface area (Å²) >= 11 is 0. The van der Waals surface area contributed by atoms with Crippen molar-refractivity contribution in [3.05, 3.63) is 24.3 Å². The lowest BCUT2D eigenvalue weighted by Gasteiger charge is -2.18. The van der Waals surface area contributed by atoms with E-state index in [1.54, 1.807) is 0 Å². The third-order valence-electron chi connectivity index (χ3n) is 3.86. The molecule has 2 fully saturated rings. The van der Waals surface area contributed by atoms with Crippen LogP contribution >= 0.6 is 0 Å². The molecule has 1 aromatic carbocycles. The summed E-state index contributed by atoms with van der Waals surface area (Å²) in [6.45, 7) is 1.82. The van der Waals surface area contributed by atoms with Crippen LogP contribution in [0.15, 0.2) is 24.3 Å². The fraction of sp³-hybridized carbons (Fsp3) is 0.400. The van der Waals surface area contributed by atoms with Crippen molar-refractivity contribution in [1.29, 1.82) is 0 Å². The summed E-state index contributed by atoms with van der Waals surface area (Å²) in [7, 11) is 0. The van der Waals surface area contributed by atoms with E-state index in [0.29, 0.717) is 5.69 Å². The summed E-state index contributed by atoms with van der Waals surface area (Å²) < 4.78 is 0. The molecule has 2 N–H and O–H groups in total. The fourth-order valence-electron chi connectivity index (χ4n) is 2.69. The second kappa shape index (κ2) is 6.05. The van der Waals surface area contributed by atoms with E-state index in [-0.39, 0.29) is 24.9 Å². The standard InChI is InChI=1S/C15H18N4O3/c20-13(10-19-14(21)9-16-15(19)22)17-11-3-5-12(6-4-11)18-7-1-2-8-18/h3-6H,1-2,7-10H2,(H,16,22)(H,17,20). The van der Waals surface area contributed by atoms with E-state index in [2.05, 4.69) is 15.5 Å². The first-order valence-corrected chi connectivity index (χ1v) is 7.36. The molecule has 3 rings (SSSR count). The lowest BCUT2D eigenvalue weighted by atomic mass is 10.2. The van der Waals surface area contributed by atoms with Crippen molar-refractivity contribution in [2.24, 2.45) is 0 Å². The number of hydrogen-bond acceptors (Lipinski definition) is 4. The zero-order valence-corrected chi connectivity index (χ0v) is 12.2. The van der Waals surface area contributed by atoms with Crippen LogP contribution in [-0.4, -0.2) is 48.9 Å². The molecule has 0 spiro atoms. The monoisotopic (exact) mass is 302 g/mol. The summed E-state index contributed by atoms with van der Waals surface area (Å²) in [6.07, 6.45) is 2.43. The Morgan fingerprint density at radius 2 is 1.82 bits per heavy atom. The quantitative estimate of drug-likeness (QED) is 0.805. The van der Waals surface area contributed by atoms with Crippen molar-refractivity contribution >= 4 is 29.2 Å². The highest BCUT2D eigenvalue weighted by Gasteiger charge is 2.30. The van der Waals surface area contributed by atoms with Crippen LogP contribution in [0.3, 0.4) is 0 Å². The maximum Gasteiger partial charge on any atom is 0.325 e. The lowest BCUT2D eigenvalue weighted by Crippen LogP contribution is -2.38. The van der Waals surface area contributed by atoms with E-state index in [1.807, 2.05) is 24.3 Å². The van der Waals surface area contributed by atoms with E-state index in [9.17, 15) is 14.4 Å². The van der Waals surface area contributed by atoms with Gasteiger partial charge in [0.15, 0.2) is 0 Å². The minimum absolute atomic E-state index is 0.0450. The summed E-state index contributed by atoms with van der Waals surface area (Å²) in [5, 5.41) is 5.08. The van der Waals surface area contributed by atoms with Gasteiger partial charge in [0.1, 0.15) is 6.54 Å². The molecule has 7 nitrogen and oxygen atoms in total. The van der Waals surface area contributed by atoms with Crippen LogP contribution in [0.4, 0.5) is 16.2 Å². The Balaban J connectivity index is 1.57. The molecule has 0 aromatic heterocycles. The molecule has 116 valence electrons. The molecule has 2 heterocycles. The maximum absolute atomic E-state index is 11.9. The normalized spacial score (nSPS) is 17.8. The molecule has 4 amide bonds. The Bertz CT molecular complexity index is 577. The predicted octanol–water partition coefficient (Wildman–Crippen LogP) is 0.777. The molecule has 1 aromatic rings. The van der Waals surface area contributed by atoms with Gasteiger partial charge in [-0.1, -0.05) is 0 Å². The second-order valence-corrected chi connectivity index (χ2v) is 5.43. The van der Waals surface area contributed by atoms with Crippen molar-refractivity contribution in [2.45, 2.75) is 12.8 Å². The van der Waals surface area contributed by atoms with E-state index in [4.69, 9.17) is 0 Å². The molecule has 2 saturated heterocycles. The highest BCUT2D eigenvalue weighted by molar-refractivity contribution is 6.06. The highest BCUT2D eigenvalue weighted by Crippen LogP contribution is 2.22. The first kappa shape index (κ1) is 14.4. The third kappa shape index (κ3) is 3.03. The molecule has 2 aliphatic rings. The van der Waals surface area contributed by atoms with Crippen LogP contribution in [0.1, 0.15) is 12.8 Å².